The van der Waals surface area contributed by atoms with Crippen molar-refractivity contribution in [1.29, 1.82) is 0 Å². The highest BCUT2D eigenvalue weighted by Crippen LogP contribution is 2.18. The third kappa shape index (κ3) is 5.83. The molecule has 2 atom stereocenters. The van der Waals surface area contributed by atoms with Gasteiger partial charge in [0.15, 0.2) is 0 Å². The van der Waals surface area contributed by atoms with Crippen LogP contribution in [0.4, 0.5) is 0 Å². The van der Waals surface area contributed by atoms with E-state index in [9.17, 15) is 4.79 Å². The van der Waals surface area contributed by atoms with Crippen LogP contribution >= 0.6 is 0 Å². The van der Waals surface area contributed by atoms with Gasteiger partial charge in [-0.3, -0.25) is 4.79 Å². The van der Waals surface area contributed by atoms with Crippen molar-refractivity contribution in [2.24, 2.45) is 11.8 Å². The Balaban J connectivity index is 2.06. The standard InChI is InChI=1S/C14H28N2O2/c1-11(2)18-9-5-4-7-16-14(17)13-6-8-15-10-12(13)3/h11-13,15H,4-10H2,1-3H3,(H,16,17). The summed E-state index contributed by atoms with van der Waals surface area (Å²) in [6.07, 6.45) is 3.27. The van der Waals surface area contributed by atoms with Gasteiger partial charge in [-0.15, -0.1) is 0 Å². The van der Waals surface area contributed by atoms with Crippen LogP contribution in [-0.4, -0.2) is 38.3 Å². The van der Waals surface area contributed by atoms with E-state index in [1.54, 1.807) is 0 Å². The molecule has 0 aromatic heterocycles. The van der Waals surface area contributed by atoms with Crippen molar-refractivity contribution in [1.82, 2.24) is 10.6 Å². The molecule has 0 bridgehead atoms. The number of carbonyl (C=O) groups is 1. The lowest BCUT2D eigenvalue weighted by atomic mass is 9.87. The summed E-state index contributed by atoms with van der Waals surface area (Å²) in [6.45, 7) is 9.71. The van der Waals surface area contributed by atoms with Crippen LogP contribution in [-0.2, 0) is 9.53 Å². The highest BCUT2D eigenvalue weighted by atomic mass is 16.5. The van der Waals surface area contributed by atoms with Gasteiger partial charge in [0.05, 0.1) is 6.10 Å². The molecule has 1 fully saturated rings. The van der Waals surface area contributed by atoms with Crippen molar-refractivity contribution in [3.63, 3.8) is 0 Å². The van der Waals surface area contributed by atoms with Crippen LogP contribution in [0.1, 0.15) is 40.0 Å². The van der Waals surface area contributed by atoms with Crippen LogP contribution in [0.2, 0.25) is 0 Å². The van der Waals surface area contributed by atoms with Gasteiger partial charge < -0.3 is 15.4 Å². The minimum Gasteiger partial charge on any atom is -0.379 e. The van der Waals surface area contributed by atoms with E-state index in [1.165, 1.54) is 0 Å². The summed E-state index contributed by atoms with van der Waals surface area (Å²) in [5.41, 5.74) is 0. The van der Waals surface area contributed by atoms with Gasteiger partial charge in [0.1, 0.15) is 0 Å². The average Bonchev–Trinajstić information content (AvgIpc) is 2.33. The fourth-order valence-electron chi connectivity index (χ4n) is 2.29. The molecule has 0 spiro atoms. The number of hydrogen-bond acceptors (Lipinski definition) is 3. The van der Waals surface area contributed by atoms with Crippen molar-refractivity contribution in [2.75, 3.05) is 26.2 Å². The van der Waals surface area contributed by atoms with Gasteiger partial charge in [0.25, 0.3) is 0 Å². The fourth-order valence-corrected chi connectivity index (χ4v) is 2.29. The maximum Gasteiger partial charge on any atom is 0.223 e. The Bertz CT molecular complexity index is 244. The second kappa shape index (κ2) is 8.48. The minimum atomic E-state index is 0.193. The molecule has 18 heavy (non-hydrogen) atoms. The number of piperidine rings is 1. The first kappa shape index (κ1) is 15.4. The number of rotatable bonds is 7. The summed E-state index contributed by atoms with van der Waals surface area (Å²) < 4.78 is 5.46. The van der Waals surface area contributed by atoms with Gasteiger partial charge in [0, 0.05) is 19.1 Å². The van der Waals surface area contributed by atoms with Crippen molar-refractivity contribution >= 4 is 5.91 Å². The first-order chi connectivity index (χ1) is 8.61. The first-order valence-electron chi connectivity index (χ1n) is 7.21. The van der Waals surface area contributed by atoms with Crippen LogP contribution in [0, 0.1) is 11.8 Å². The van der Waals surface area contributed by atoms with Gasteiger partial charge in [-0.2, -0.15) is 0 Å². The van der Waals surface area contributed by atoms with E-state index < -0.39 is 0 Å². The Morgan fingerprint density at radius 2 is 2.22 bits per heavy atom. The monoisotopic (exact) mass is 256 g/mol. The van der Waals surface area contributed by atoms with E-state index in [2.05, 4.69) is 17.6 Å². The molecular formula is C14H28N2O2. The fraction of sp³-hybridized carbons (Fsp3) is 0.929. The molecule has 1 saturated heterocycles. The van der Waals surface area contributed by atoms with Crippen molar-refractivity contribution in [3.05, 3.63) is 0 Å². The second-order valence-electron chi connectivity index (χ2n) is 5.49. The van der Waals surface area contributed by atoms with Crippen molar-refractivity contribution < 1.29 is 9.53 Å². The summed E-state index contributed by atoms with van der Waals surface area (Å²) >= 11 is 0. The minimum absolute atomic E-state index is 0.193. The molecule has 1 rings (SSSR count). The summed E-state index contributed by atoms with van der Waals surface area (Å²) in [7, 11) is 0. The Morgan fingerprint density at radius 3 is 2.89 bits per heavy atom. The topological polar surface area (TPSA) is 50.4 Å². The van der Waals surface area contributed by atoms with E-state index in [-0.39, 0.29) is 11.8 Å². The molecule has 1 amide bonds. The van der Waals surface area contributed by atoms with Crippen LogP contribution < -0.4 is 10.6 Å². The zero-order valence-corrected chi connectivity index (χ0v) is 12.0. The lowest BCUT2D eigenvalue weighted by Gasteiger charge is -2.28. The van der Waals surface area contributed by atoms with Gasteiger partial charge in [-0.1, -0.05) is 6.92 Å². The maximum absolute atomic E-state index is 12.0. The number of unbranched alkanes of at least 4 members (excludes halogenated alkanes) is 1. The SMILES string of the molecule is CC(C)OCCCCNC(=O)C1CCNCC1C. The van der Waals surface area contributed by atoms with Gasteiger partial charge in [-0.25, -0.2) is 0 Å². The van der Waals surface area contributed by atoms with Gasteiger partial charge in [0.2, 0.25) is 5.91 Å². The number of nitrogens with one attached hydrogen (secondary N) is 2. The Hall–Kier alpha value is -0.610. The molecule has 2 unspecified atom stereocenters. The molecule has 106 valence electrons. The third-order valence-electron chi connectivity index (χ3n) is 3.44. The average molecular weight is 256 g/mol. The molecule has 0 aliphatic carbocycles. The quantitative estimate of drug-likeness (QED) is 0.680. The van der Waals surface area contributed by atoms with E-state index in [4.69, 9.17) is 4.74 Å². The number of ether oxygens (including phenoxy) is 1. The Morgan fingerprint density at radius 1 is 1.44 bits per heavy atom. The molecule has 0 aromatic rings. The maximum atomic E-state index is 12.0. The number of amides is 1. The van der Waals surface area contributed by atoms with Crippen LogP contribution in [0.25, 0.3) is 0 Å². The molecule has 1 aliphatic heterocycles. The number of hydrogen-bond donors (Lipinski definition) is 2. The van der Waals surface area contributed by atoms with E-state index in [0.717, 1.165) is 45.5 Å². The third-order valence-corrected chi connectivity index (χ3v) is 3.44. The summed E-state index contributed by atoms with van der Waals surface area (Å²) in [5.74, 6) is 0.870. The zero-order chi connectivity index (χ0) is 13.4. The van der Waals surface area contributed by atoms with Gasteiger partial charge >= 0.3 is 0 Å². The molecule has 1 heterocycles. The summed E-state index contributed by atoms with van der Waals surface area (Å²) in [4.78, 5) is 12.0. The summed E-state index contributed by atoms with van der Waals surface area (Å²) in [6, 6.07) is 0. The smallest absolute Gasteiger partial charge is 0.223 e. The molecule has 4 nitrogen and oxygen atoms in total. The lowest BCUT2D eigenvalue weighted by molar-refractivity contribution is -0.127. The first-order valence-corrected chi connectivity index (χ1v) is 7.21. The zero-order valence-electron chi connectivity index (χ0n) is 12.0. The Labute approximate surface area is 111 Å². The molecule has 4 heteroatoms. The molecule has 0 aromatic carbocycles. The largest absolute Gasteiger partial charge is 0.379 e. The van der Waals surface area contributed by atoms with Crippen LogP contribution in [0.5, 0.6) is 0 Å². The number of carbonyl (C=O) groups excluding carboxylic acids is 1. The lowest BCUT2D eigenvalue weighted by Crippen LogP contribution is -2.43. The molecule has 0 saturated carbocycles. The predicted octanol–water partition coefficient (Wildman–Crippen LogP) is 1.55. The molecular weight excluding hydrogens is 228 g/mol. The molecule has 2 N–H and O–H groups in total. The van der Waals surface area contributed by atoms with Crippen LogP contribution in [0.15, 0.2) is 0 Å². The van der Waals surface area contributed by atoms with Gasteiger partial charge in [-0.05, 0) is 52.1 Å². The van der Waals surface area contributed by atoms with Crippen LogP contribution in [0.3, 0.4) is 0 Å². The van der Waals surface area contributed by atoms with Crippen molar-refractivity contribution in [2.45, 2.75) is 46.1 Å². The van der Waals surface area contributed by atoms with E-state index >= 15 is 0 Å². The van der Waals surface area contributed by atoms with E-state index in [0.29, 0.717) is 12.0 Å². The molecule has 0 radical (unpaired) electrons. The highest BCUT2D eigenvalue weighted by molar-refractivity contribution is 5.79. The Kier molecular flexibility index (Phi) is 7.28. The van der Waals surface area contributed by atoms with Crippen molar-refractivity contribution in [3.8, 4) is 0 Å². The predicted molar refractivity (Wildman–Crippen MR) is 73.5 cm³/mol. The highest BCUT2D eigenvalue weighted by Gasteiger charge is 2.26. The second-order valence-corrected chi connectivity index (χ2v) is 5.49. The summed E-state index contributed by atoms with van der Waals surface area (Å²) in [5, 5.41) is 6.37. The normalized spacial score (nSPS) is 24.2. The van der Waals surface area contributed by atoms with E-state index in [1.807, 2.05) is 13.8 Å². The molecule has 1 aliphatic rings.